The van der Waals surface area contributed by atoms with Crippen LogP contribution in [0.15, 0.2) is 59.0 Å². The molecule has 0 N–H and O–H groups in total. The zero-order valence-electron chi connectivity index (χ0n) is 14.4. The van der Waals surface area contributed by atoms with Crippen molar-refractivity contribution in [2.24, 2.45) is 0 Å². The van der Waals surface area contributed by atoms with Crippen molar-refractivity contribution >= 4 is 12.2 Å². The Balaban J connectivity index is 1.70. The largest absolute Gasteiger partial charge is 0.494 e. The van der Waals surface area contributed by atoms with Gasteiger partial charge in [0.25, 0.3) is 4.84 Å². The monoisotopic (exact) mass is 355 g/mol. The lowest BCUT2D eigenvalue weighted by Crippen LogP contribution is -2.22. The average Bonchev–Trinajstić information content (AvgIpc) is 2.97. The van der Waals surface area contributed by atoms with Gasteiger partial charge in [0.05, 0.1) is 13.3 Å². The van der Waals surface area contributed by atoms with Gasteiger partial charge in [-0.3, -0.25) is 4.90 Å². The first kappa shape index (κ1) is 17.4. The summed E-state index contributed by atoms with van der Waals surface area (Å²) in [7, 11) is 2.03. The van der Waals surface area contributed by atoms with Gasteiger partial charge in [0.2, 0.25) is 5.89 Å². The standard InChI is InChI=1S/C19H21N3O2S/c1-3-23-17-11-9-16(10-12-17)18-20-22(19(25)24-18)14-21(2)13-15-7-5-4-6-8-15/h4-12H,3,13-14H2,1-2H3. The number of hydrogen-bond donors (Lipinski definition) is 0. The Morgan fingerprint density at radius 1 is 1.12 bits per heavy atom. The number of ether oxygens (including phenoxy) is 1. The van der Waals surface area contributed by atoms with E-state index in [9.17, 15) is 0 Å². The van der Waals surface area contributed by atoms with Gasteiger partial charge in [-0.2, -0.15) is 0 Å². The molecule has 0 unspecified atom stereocenters. The van der Waals surface area contributed by atoms with Gasteiger partial charge in [-0.15, -0.1) is 5.10 Å². The van der Waals surface area contributed by atoms with Crippen molar-refractivity contribution < 1.29 is 9.15 Å². The smallest absolute Gasteiger partial charge is 0.288 e. The van der Waals surface area contributed by atoms with Gasteiger partial charge in [-0.05, 0) is 56.0 Å². The molecule has 3 rings (SSSR count). The molecule has 5 nitrogen and oxygen atoms in total. The Bertz CT molecular complexity index is 856. The summed E-state index contributed by atoms with van der Waals surface area (Å²) in [6, 6.07) is 17.9. The summed E-state index contributed by atoms with van der Waals surface area (Å²) >= 11 is 5.31. The van der Waals surface area contributed by atoms with Gasteiger partial charge >= 0.3 is 0 Å². The number of rotatable bonds is 7. The quantitative estimate of drug-likeness (QED) is 0.589. The summed E-state index contributed by atoms with van der Waals surface area (Å²) in [5.41, 5.74) is 2.12. The van der Waals surface area contributed by atoms with Crippen LogP contribution in [-0.2, 0) is 13.2 Å². The highest BCUT2D eigenvalue weighted by molar-refractivity contribution is 7.71. The highest BCUT2D eigenvalue weighted by Gasteiger charge is 2.10. The Kier molecular flexibility index (Phi) is 5.63. The van der Waals surface area contributed by atoms with Crippen LogP contribution in [0.5, 0.6) is 5.75 Å². The highest BCUT2D eigenvalue weighted by Crippen LogP contribution is 2.21. The average molecular weight is 355 g/mol. The van der Waals surface area contributed by atoms with Crippen LogP contribution < -0.4 is 4.74 Å². The van der Waals surface area contributed by atoms with Crippen LogP contribution in [0.4, 0.5) is 0 Å². The summed E-state index contributed by atoms with van der Waals surface area (Å²) in [6.07, 6.45) is 0. The van der Waals surface area contributed by atoms with Crippen molar-refractivity contribution in [2.75, 3.05) is 13.7 Å². The van der Waals surface area contributed by atoms with Crippen LogP contribution >= 0.6 is 12.2 Å². The molecule has 0 saturated carbocycles. The molecule has 1 heterocycles. The molecule has 0 spiro atoms. The van der Waals surface area contributed by atoms with E-state index in [-0.39, 0.29) is 0 Å². The van der Waals surface area contributed by atoms with E-state index >= 15 is 0 Å². The molecule has 3 aromatic rings. The summed E-state index contributed by atoms with van der Waals surface area (Å²) in [4.78, 5) is 2.50. The van der Waals surface area contributed by atoms with Gasteiger partial charge < -0.3 is 9.15 Å². The molecule has 1 aromatic heterocycles. The lowest BCUT2D eigenvalue weighted by Gasteiger charge is -2.15. The van der Waals surface area contributed by atoms with Crippen LogP contribution in [0.1, 0.15) is 12.5 Å². The van der Waals surface area contributed by atoms with Crippen LogP contribution in [0.3, 0.4) is 0 Å². The summed E-state index contributed by atoms with van der Waals surface area (Å²) < 4.78 is 12.8. The molecule has 0 bridgehead atoms. The minimum absolute atomic E-state index is 0.365. The number of benzene rings is 2. The fourth-order valence-electron chi connectivity index (χ4n) is 2.55. The van der Waals surface area contributed by atoms with Gasteiger partial charge in [-0.25, -0.2) is 4.68 Å². The van der Waals surface area contributed by atoms with Crippen molar-refractivity contribution in [3.05, 3.63) is 65.0 Å². The Labute approximate surface area is 152 Å². The second-order valence-electron chi connectivity index (χ2n) is 5.77. The highest BCUT2D eigenvalue weighted by atomic mass is 32.1. The molecule has 0 fully saturated rings. The minimum atomic E-state index is 0.365. The maximum atomic E-state index is 5.65. The van der Waals surface area contributed by atoms with E-state index in [4.69, 9.17) is 21.4 Å². The number of aromatic nitrogens is 2. The van der Waals surface area contributed by atoms with E-state index in [1.807, 2.05) is 56.4 Å². The first-order valence-electron chi connectivity index (χ1n) is 8.19. The summed E-state index contributed by atoms with van der Waals surface area (Å²) in [6.45, 7) is 3.98. The molecular formula is C19H21N3O2S. The fourth-order valence-corrected chi connectivity index (χ4v) is 2.72. The number of nitrogens with zero attached hydrogens (tertiary/aromatic N) is 3. The normalized spacial score (nSPS) is 11.0. The van der Waals surface area contributed by atoms with E-state index in [1.54, 1.807) is 4.68 Å². The van der Waals surface area contributed by atoms with Crippen LogP contribution in [0.2, 0.25) is 0 Å². The Hall–Kier alpha value is -2.44. The first-order chi connectivity index (χ1) is 12.2. The lowest BCUT2D eigenvalue weighted by atomic mass is 10.2. The van der Waals surface area contributed by atoms with E-state index in [0.717, 1.165) is 17.9 Å². The zero-order chi connectivity index (χ0) is 17.6. The molecule has 0 saturated heterocycles. The molecule has 0 amide bonds. The van der Waals surface area contributed by atoms with Gasteiger partial charge in [0.1, 0.15) is 5.75 Å². The molecule has 25 heavy (non-hydrogen) atoms. The van der Waals surface area contributed by atoms with Gasteiger partial charge in [-0.1, -0.05) is 30.3 Å². The van der Waals surface area contributed by atoms with Crippen molar-refractivity contribution in [1.82, 2.24) is 14.7 Å². The zero-order valence-corrected chi connectivity index (χ0v) is 15.2. The van der Waals surface area contributed by atoms with E-state index in [2.05, 4.69) is 22.1 Å². The van der Waals surface area contributed by atoms with E-state index in [1.165, 1.54) is 5.56 Å². The maximum Gasteiger partial charge on any atom is 0.288 e. The third-order valence-electron chi connectivity index (χ3n) is 3.69. The second kappa shape index (κ2) is 8.09. The molecule has 2 aromatic carbocycles. The van der Waals surface area contributed by atoms with Crippen molar-refractivity contribution in [3.8, 4) is 17.2 Å². The van der Waals surface area contributed by atoms with Crippen molar-refractivity contribution in [3.63, 3.8) is 0 Å². The minimum Gasteiger partial charge on any atom is -0.494 e. The fraction of sp³-hybridized carbons (Fsp3) is 0.263. The Morgan fingerprint density at radius 3 is 2.52 bits per heavy atom. The van der Waals surface area contributed by atoms with Crippen molar-refractivity contribution in [1.29, 1.82) is 0 Å². The molecule has 0 atom stereocenters. The lowest BCUT2D eigenvalue weighted by molar-refractivity contribution is 0.240. The molecule has 0 aliphatic heterocycles. The third kappa shape index (κ3) is 4.55. The Morgan fingerprint density at radius 2 is 1.84 bits per heavy atom. The molecule has 0 radical (unpaired) electrons. The first-order valence-corrected chi connectivity index (χ1v) is 8.60. The van der Waals surface area contributed by atoms with Crippen molar-refractivity contribution in [2.45, 2.75) is 20.1 Å². The van der Waals surface area contributed by atoms with Crippen LogP contribution in [-0.4, -0.2) is 28.3 Å². The van der Waals surface area contributed by atoms with Gasteiger partial charge in [0.15, 0.2) is 0 Å². The molecule has 0 aliphatic rings. The third-order valence-corrected chi connectivity index (χ3v) is 3.98. The summed E-state index contributed by atoms with van der Waals surface area (Å²) in [5.74, 6) is 1.34. The predicted molar refractivity (Wildman–Crippen MR) is 99.8 cm³/mol. The topological polar surface area (TPSA) is 43.4 Å². The number of hydrogen-bond acceptors (Lipinski definition) is 5. The molecule has 130 valence electrons. The maximum absolute atomic E-state index is 5.65. The summed E-state index contributed by atoms with van der Waals surface area (Å²) in [5, 5.41) is 4.50. The predicted octanol–water partition coefficient (Wildman–Crippen LogP) is 4.36. The SMILES string of the molecule is CCOc1ccc(-c2nn(CN(C)Cc3ccccc3)c(=S)o2)cc1. The molecule has 6 heteroatoms. The van der Waals surface area contributed by atoms with Crippen LogP contribution in [0.25, 0.3) is 11.5 Å². The van der Waals surface area contributed by atoms with E-state index < -0.39 is 0 Å². The second-order valence-corrected chi connectivity index (χ2v) is 6.12. The van der Waals surface area contributed by atoms with Crippen LogP contribution in [0, 0.1) is 4.84 Å². The molecule has 0 aliphatic carbocycles. The van der Waals surface area contributed by atoms with E-state index in [0.29, 0.717) is 24.0 Å². The molecular weight excluding hydrogens is 334 g/mol. The van der Waals surface area contributed by atoms with Gasteiger partial charge in [0, 0.05) is 12.1 Å².